The van der Waals surface area contributed by atoms with Crippen molar-refractivity contribution in [1.82, 2.24) is 0 Å². The molecule has 1 aromatic heterocycles. The topological polar surface area (TPSA) is 86.2 Å². The molecule has 0 saturated carbocycles. The molecule has 0 aliphatic heterocycles. The Morgan fingerprint density at radius 1 is 1.71 bits per heavy atom. The molecule has 1 rings (SSSR count). The molecule has 0 saturated heterocycles. The zero-order chi connectivity index (χ0) is 12.7. The molecule has 86 valence electrons. The van der Waals surface area contributed by atoms with Crippen LogP contribution in [0.25, 0.3) is 0 Å². The van der Waals surface area contributed by atoms with Crippen LogP contribution in [0.4, 0.5) is 5.69 Å². The fraction of sp³-hybridized carbons (Fsp3) is 0.273. The van der Waals surface area contributed by atoms with Crippen LogP contribution in [-0.2, 0) is 4.74 Å². The average molecular weight is 247 g/mol. The van der Waals surface area contributed by atoms with Gasteiger partial charge in [-0.3, -0.25) is 4.99 Å². The van der Waals surface area contributed by atoms with Crippen molar-refractivity contribution in [1.29, 1.82) is 10.5 Å². The molecule has 6 heteroatoms. The Hall–Kier alpha value is -2.18. The summed E-state index contributed by atoms with van der Waals surface area (Å²) in [5.74, 6) is -1.02. The molecule has 5 nitrogen and oxygen atoms in total. The highest BCUT2D eigenvalue weighted by Gasteiger charge is 2.13. The number of hydrogen-bond acceptors (Lipinski definition) is 6. The molecule has 0 amide bonds. The van der Waals surface area contributed by atoms with E-state index in [0.29, 0.717) is 10.6 Å². The lowest BCUT2D eigenvalue weighted by molar-refractivity contribution is 0.0607. The number of carbonyl (C=O) groups excluding carboxylic acids is 1. The second-order valence-electron chi connectivity index (χ2n) is 3.00. The van der Waals surface area contributed by atoms with Crippen LogP contribution in [0.2, 0.25) is 0 Å². The summed E-state index contributed by atoms with van der Waals surface area (Å²) in [6, 6.07) is 5.50. The van der Waals surface area contributed by atoms with Gasteiger partial charge in [-0.1, -0.05) is 0 Å². The third-order valence-electron chi connectivity index (χ3n) is 1.89. The number of esters is 1. The van der Waals surface area contributed by atoms with Gasteiger partial charge < -0.3 is 4.74 Å². The predicted molar refractivity (Wildman–Crippen MR) is 63.1 cm³/mol. The van der Waals surface area contributed by atoms with E-state index in [2.05, 4.69) is 9.73 Å². The van der Waals surface area contributed by atoms with Gasteiger partial charge in [0.15, 0.2) is 0 Å². The summed E-state index contributed by atoms with van der Waals surface area (Å²) in [5.41, 5.74) is 0.458. The van der Waals surface area contributed by atoms with Crippen LogP contribution in [0.15, 0.2) is 16.4 Å². The maximum Gasteiger partial charge on any atom is 0.350 e. The highest BCUT2D eigenvalue weighted by atomic mass is 32.1. The van der Waals surface area contributed by atoms with Gasteiger partial charge in [0.05, 0.1) is 37.3 Å². The summed E-state index contributed by atoms with van der Waals surface area (Å²) >= 11 is 1.22. The molecule has 17 heavy (non-hydrogen) atoms. The SMILES string of the molecule is COC(=O)c1sccc1N=CC(C#N)CC#N. The van der Waals surface area contributed by atoms with Gasteiger partial charge in [0.2, 0.25) is 0 Å². The zero-order valence-electron chi connectivity index (χ0n) is 9.08. The van der Waals surface area contributed by atoms with E-state index in [1.807, 2.05) is 12.1 Å². The fourth-order valence-electron chi connectivity index (χ4n) is 1.05. The third-order valence-corrected chi connectivity index (χ3v) is 2.77. The van der Waals surface area contributed by atoms with Crippen LogP contribution < -0.4 is 0 Å². The predicted octanol–water partition coefficient (Wildman–Crippen LogP) is 2.29. The minimum atomic E-state index is -0.564. The Morgan fingerprint density at radius 3 is 3.06 bits per heavy atom. The van der Waals surface area contributed by atoms with Crippen molar-refractivity contribution in [3.63, 3.8) is 0 Å². The maximum absolute atomic E-state index is 11.3. The van der Waals surface area contributed by atoms with Crippen molar-refractivity contribution < 1.29 is 9.53 Å². The van der Waals surface area contributed by atoms with E-state index in [1.54, 1.807) is 11.4 Å². The standard InChI is InChI=1S/C11H9N3O2S/c1-16-11(15)10-9(3-5-17-10)14-7-8(6-13)2-4-12/h3,5,7-8H,2H2,1H3. The van der Waals surface area contributed by atoms with Gasteiger partial charge in [0.1, 0.15) is 4.88 Å². The molecule has 0 bridgehead atoms. The lowest BCUT2D eigenvalue weighted by Gasteiger charge is -1.97. The van der Waals surface area contributed by atoms with E-state index in [-0.39, 0.29) is 6.42 Å². The highest BCUT2D eigenvalue weighted by Crippen LogP contribution is 2.25. The quantitative estimate of drug-likeness (QED) is 0.603. The van der Waals surface area contributed by atoms with Crippen LogP contribution in [-0.4, -0.2) is 19.3 Å². The number of ether oxygens (including phenoxy) is 1. The second-order valence-corrected chi connectivity index (χ2v) is 3.92. The number of rotatable bonds is 4. The smallest absolute Gasteiger partial charge is 0.350 e. The van der Waals surface area contributed by atoms with Crippen LogP contribution >= 0.6 is 11.3 Å². The summed E-state index contributed by atoms with van der Waals surface area (Å²) in [6.45, 7) is 0. The van der Waals surface area contributed by atoms with Crippen molar-refractivity contribution in [3.05, 3.63) is 16.3 Å². The summed E-state index contributed by atoms with van der Waals surface area (Å²) in [4.78, 5) is 15.8. The number of nitriles is 2. The Balaban J connectivity index is 2.86. The lowest BCUT2D eigenvalue weighted by atomic mass is 10.1. The molecule has 0 aromatic carbocycles. The zero-order valence-corrected chi connectivity index (χ0v) is 9.90. The van der Waals surface area contributed by atoms with Gasteiger partial charge in [-0.25, -0.2) is 4.79 Å². The summed E-state index contributed by atoms with van der Waals surface area (Å²) in [7, 11) is 1.29. The van der Waals surface area contributed by atoms with Crippen molar-refractivity contribution in [3.8, 4) is 12.1 Å². The van der Waals surface area contributed by atoms with E-state index in [0.717, 1.165) is 0 Å². The third kappa shape index (κ3) is 3.40. The molecule has 0 spiro atoms. The highest BCUT2D eigenvalue weighted by molar-refractivity contribution is 7.12. The van der Waals surface area contributed by atoms with Crippen molar-refractivity contribution >= 4 is 29.2 Å². The Bertz CT molecular complexity index is 508. The van der Waals surface area contributed by atoms with Crippen molar-refractivity contribution in [2.24, 2.45) is 10.9 Å². The summed E-state index contributed by atoms with van der Waals surface area (Å²) in [6.07, 6.45) is 1.45. The first-order valence-electron chi connectivity index (χ1n) is 4.69. The normalized spacial score (nSPS) is 11.7. The van der Waals surface area contributed by atoms with Gasteiger partial charge in [-0.2, -0.15) is 10.5 Å². The number of methoxy groups -OCH3 is 1. The van der Waals surface area contributed by atoms with Gasteiger partial charge in [-0.05, 0) is 11.4 Å². The van der Waals surface area contributed by atoms with Crippen LogP contribution in [0, 0.1) is 28.6 Å². The molecule has 0 radical (unpaired) electrons. The first-order valence-corrected chi connectivity index (χ1v) is 5.57. The van der Waals surface area contributed by atoms with Gasteiger partial charge in [-0.15, -0.1) is 11.3 Å². The van der Waals surface area contributed by atoms with E-state index < -0.39 is 11.9 Å². The number of hydrogen-bond donors (Lipinski definition) is 0. The lowest BCUT2D eigenvalue weighted by Crippen LogP contribution is -1.99. The van der Waals surface area contributed by atoms with Crippen LogP contribution in [0.3, 0.4) is 0 Å². The maximum atomic E-state index is 11.3. The summed E-state index contributed by atoms with van der Waals surface area (Å²) in [5, 5.41) is 18.9. The Labute approximate surface area is 103 Å². The van der Waals surface area contributed by atoms with Gasteiger partial charge in [0, 0.05) is 6.21 Å². The monoisotopic (exact) mass is 247 g/mol. The molecule has 0 fully saturated rings. The fourth-order valence-corrected chi connectivity index (χ4v) is 1.80. The molecule has 0 aliphatic carbocycles. The Morgan fingerprint density at radius 2 is 2.47 bits per heavy atom. The minimum absolute atomic E-state index is 0.0810. The average Bonchev–Trinajstić information content (AvgIpc) is 2.81. The molecule has 0 aliphatic rings. The number of nitrogens with zero attached hydrogens (tertiary/aromatic N) is 3. The second kappa shape index (κ2) is 6.41. The minimum Gasteiger partial charge on any atom is -0.465 e. The van der Waals surface area contributed by atoms with Crippen LogP contribution in [0.1, 0.15) is 16.1 Å². The number of thiophene rings is 1. The van der Waals surface area contributed by atoms with Gasteiger partial charge >= 0.3 is 5.97 Å². The molecule has 1 unspecified atom stereocenters. The van der Waals surface area contributed by atoms with Gasteiger partial charge in [0.25, 0.3) is 0 Å². The van der Waals surface area contributed by atoms with Crippen molar-refractivity contribution in [2.75, 3.05) is 7.11 Å². The number of carbonyl (C=O) groups is 1. The first-order chi connectivity index (χ1) is 8.22. The molecule has 0 N–H and O–H groups in total. The van der Waals surface area contributed by atoms with E-state index in [9.17, 15) is 4.79 Å². The molecule has 1 aromatic rings. The molecular formula is C11H9N3O2S. The molecule has 1 atom stereocenters. The largest absolute Gasteiger partial charge is 0.465 e. The van der Waals surface area contributed by atoms with E-state index >= 15 is 0 Å². The molecule has 1 heterocycles. The van der Waals surface area contributed by atoms with E-state index in [4.69, 9.17) is 10.5 Å². The number of aliphatic imine (C=N–C) groups is 1. The first kappa shape index (κ1) is 12.9. The Kier molecular flexibility index (Phi) is 4.86. The van der Waals surface area contributed by atoms with Crippen molar-refractivity contribution in [2.45, 2.75) is 6.42 Å². The molecular weight excluding hydrogens is 238 g/mol. The van der Waals surface area contributed by atoms with E-state index in [1.165, 1.54) is 24.7 Å². The summed E-state index contributed by atoms with van der Waals surface area (Å²) < 4.78 is 4.60. The van der Waals surface area contributed by atoms with Crippen LogP contribution in [0.5, 0.6) is 0 Å².